The Hall–Kier alpha value is -4.13. The van der Waals surface area contributed by atoms with Gasteiger partial charge >= 0.3 is 0 Å². The molecule has 0 aliphatic carbocycles. The molecule has 4 unspecified atom stereocenters. The van der Waals surface area contributed by atoms with Gasteiger partial charge in [-0.05, 0) is 64.1 Å². The van der Waals surface area contributed by atoms with Crippen molar-refractivity contribution in [2.75, 3.05) is 14.2 Å². The number of benzene rings is 4. The number of hydrogen-bond donors (Lipinski definition) is 1. The van der Waals surface area contributed by atoms with Crippen molar-refractivity contribution in [3.8, 4) is 11.5 Å². The highest BCUT2D eigenvalue weighted by atomic mass is 32.2. The summed E-state index contributed by atoms with van der Waals surface area (Å²) in [5.74, 6) is 0.931. The van der Waals surface area contributed by atoms with Crippen LogP contribution in [-0.4, -0.2) is 43.8 Å². The van der Waals surface area contributed by atoms with Crippen LogP contribution in [0.15, 0.2) is 115 Å². The number of hydrogen-bond acceptors (Lipinski definition) is 5. The van der Waals surface area contributed by atoms with E-state index in [1.807, 2.05) is 115 Å². The quantitative estimate of drug-likeness (QED) is 0.281. The fraction of sp³-hybridized carbons (Fsp3) is 0.200. The molecule has 208 valence electrons. The molecule has 4 aromatic carbocycles. The lowest BCUT2D eigenvalue weighted by molar-refractivity contribution is 0.0789. The van der Waals surface area contributed by atoms with Crippen molar-refractivity contribution in [2.45, 2.75) is 28.4 Å². The minimum atomic E-state index is -3.89. The molecule has 0 radical (unpaired) electrons. The summed E-state index contributed by atoms with van der Waals surface area (Å²) < 4.78 is 40.0. The third-order valence-electron chi connectivity index (χ3n) is 8.28. The van der Waals surface area contributed by atoms with Crippen LogP contribution >= 0.6 is 0 Å². The number of aliphatic hydroxyl groups is 1. The average molecular weight is 565 g/mol. The first-order valence-corrected chi connectivity index (χ1v) is 15.2. The molecule has 6 rings (SSSR count). The van der Waals surface area contributed by atoms with E-state index < -0.39 is 31.9 Å². The molecule has 2 bridgehead atoms. The van der Waals surface area contributed by atoms with Crippen LogP contribution in [0.4, 0.5) is 0 Å². The maximum Gasteiger partial charge on any atom is 0.168 e. The van der Waals surface area contributed by atoms with E-state index in [1.54, 1.807) is 20.3 Å². The molecule has 1 saturated heterocycles. The van der Waals surface area contributed by atoms with Crippen molar-refractivity contribution < 1.29 is 23.0 Å². The summed E-state index contributed by atoms with van der Waals surface area (Å²) in [6.45, 7) is 0. The van der Waals surface area contributed by atoms with Crippen molar-refractivity contribution in [1.82, 2.24) is 0 Å². The van der Waals surface area contributed by atoms with Gasteiger partial charge in [0.25, 0.3) is 0 Å². The van der Waals surface area contributed by atoms with E-state index in [0.717, 1.165) is 33.6 Å². The Labute approximate surface area is 241 Å². The number of sulfone groups is 1. The zero-order valence-electron chi connectivity index (χ0n) is 23.0. The van der Waals surface area contributed by atoms with E-state index in [-0.39, 0.29) is 6.42 Å². The van der Waals surface area contributed by atoms with Gasteiger partial charge in [-0.1, -0.05) is 97.1 Å². The van der Waals surface area contributed by atoms with Crippen LogP contribution in [0.3, 0.4) is 0 Å². The van der Waals surface area contributed by atoms with Crippen molar-refractivity contribution in [3.63, 3.8) is 0 Å². The van der Waals surface area contributed by atoms with E-state index in [2.05, 4.69) is 0 Å². The Morgan fingerprint density at radius 2 is 1.24 bits per heavy atom. The topological polar surface area (TPSA) is 72.8 Å². The SMILES string of the molecule is COc1ccc(/C=C/C2(O)CC(c3ccc(OC)cc3)C3C(c4ccccc4)=C(c4ccccc4)C2S3(=O)=O)cc1. The largest absolute Gasteiger partial charge is 0.497 e. The molecule has 0 spiro atoms. The Balaban J connectivity index is 1.60. The summed E-state index contributed by atoms with van der Waals surface area (Å²) >= 11 is 0. The number of fused-ring (bicyclic) bond motifs is 2. The molecule has 41 heavy (non-hydrogen) atoms. The highest BCUT2D eigenvalue weighted by Gasteiger charge is 2.63. The highest BCUT2D eigenvalue weighted by molar-refractivity contribution is 7.94. The summed E-state index contributed by atoms with van der Waals surface area (Å²) in [5.41, 5.74) is 3.10. The molecule has 0 aromatic heterocycles. The second kappa shape index (κ2) is 10.7. The van der Waals surface area contributed by atoms with Crippen LogP contribution in [-0.2, 0) is 9.84 Å². The van der Waals surface area contributed by atoms with Crippen molar-refractivity contribution >= 4 is 27.1 Å². The molecule has 6 heteroatoms. The van der Waals surface area contributed by atoms with Gasteiger partial charge in [0, 0.05) is 5.92 Å². The van der Waals surface area contributed by atoms with E-state index in [1.165, 1.54) is 0 Å². The fourth-order valence-electron chi connectivity index (χ4n) is 6.42. The highest BCUT2D eigenvalue weighted by Crippen LogP contribution is 2.59. The maximum absolute atomic E-state index is 14.7. The monoisotopic (exact) mass is 564 g/mol. The van der Waals surface area contributed by atoms with Gasteiger partial charge in [0.1, 0.15) is 22.4 Å². The maximum atomic E-state index is 14.7. The molecule has 4 atom stereocenters. The Morgan fingerprint density at radius 3 is 1.78 bits per heavy atom. The molecule has 2 aliphatic heterocycles. The Morgan fingerprint density at radius 1 is 0.732 bits per heavy atom. The Kier molecular flexibility index (Phi) is 7.06. The van der Waals surface area contributed by atoms with Gasteiger partial charge in [-0.2, -0.15) is 0 Å². The van der Waals surface area contributed by atoms with Gasteiger partial charge in [0.05, 0.1) is 19.5 Å². The minimum absolute atomic E-state index is 0.243. The van der Waals surface area contributed by atoms with Crippen molar-refractivity contribution in [2.24, 2.45) is 0 Å². The van der Waals surface area contributed by atoms with Gasteiger partial charge in [-0.15, -0.1) is 0 Å². The van der Waals surface area contributed by atoms with Crippen LogP contribution in [0.2, 0.25) is 0 Å². The van der Waals surface area contributed by atoms with Gasteiger partial charge in [-0.3, -0.25) is 0 Å². The van der Waals surface area contributed by atoms with E-state index in [0.29, 0.717) is 11.3 Å². The van der Waals surface area contributed by atoms with Crippen molar-refractivity contribution in [1.29, 1.82) is 0 Å². The lowest BCUT2D eigenvalue weighted by Crippen LogP contribution is -2.53. The summed E-state index contributed by atoms with van der Waals surface area (Å²) in [7, 11) is -0.673. The zero-order chi connectivity index (χ0) is 28.6. The smallest absolute Gasteiger partial charge is 0.168 e. The number of rotatable bonds is 7. The third-order valence-corrected chi connectivity index (χ3v) is 10.9. The van der Waals surface area contributed by atoms with E-state index >= 15 is 0 Å². The molecule has 5 nitrogen and oxygen atoms in total. The Bertz CT molecular complexity index is 1690. The summed E-state index contributed by atoms with van der Waals surface area (Å²) in [5, 5.41) is 10.6. The average Bonchev–Trinajstić information content (AvgIpc) is 3.18. The van der Waals surface area contributed by atoms with Gasteiger partial charge < -0.3 is 14.6 Å². The summed E-state index contributed by atoms with van der Waals surface area (Å²) in [6.07, 6.45) is 3.73. The van der Waals surface area contributed by atoms with E-state index in [4.69, 9.17) is 9.47 Å². The normalized spacial score (nSPS) is 24.9. The molecular weight excluding hydrogens is 532 g/mol. The predicted octanol–water partition coefficient (Wildman–Crippen LogP) is 6.41. The van der Waals surface area contributed by atoms with Crippen LogP contribution in [0.5, 0.6) is 11.5 Å². The molecule has 4 aromatic rings. The molecule has 1 fully saturated rings. The molecule has 1 N–H and O–H groups in total. The summed E-state index contributed by atoms with van der Waals surface area (Å²) in [6, 6.07) is 34.3. The first kappa shape index (κ1) is 27.1. The van der Waals surface area contributed by atoms with Gasteiger partial charge in [-0.25, -0.2) is 8.42 Å². The van der Waals surface area contributed by atoms with Crippen LogP contribution in [0, 0.1) is 0 Å². The van der Waals surface area contributed by atoms with Gasteiger partial charge in [0.15, 0.2) is 9.84 Å². The first-order chi connectivity index (χ1) is 19.9. The number of ether oxygens (including phenoxy) is 2. The van der Waals surface area contributed by atoms with Gasteiger partial charge in [0.2, 0.25) is 0 Å². The van der Waals surface area contributed by atoms with Crippen LogP contribution in [0.1, 0.15) is 34.6 Å². The first-order valence-electron chi connectivity index (χ1n) is 13.6. The minimum Gasteiger partial charge on any atom is -0.497 e. The second-order valence-corrected chi connectivity index (χ2v) is 12.8. The van der Waals surface area contributed by atoms with Crippen LogP contribution < -0.4 is 9.47 Å². The van der Waals surface area contributed by atoms with Crippen molar-refractivity contribution in [3.05, 3.63) is 138 Å². The second-order valence-electron chi connectivity index (χ2n) is 10.6. The molecule has 0 amide bonds. The van der Waals surface area contributed by atoms with E-state index in [9.17, 15) is 13.5 Å². The lowest BCUT2D eigenvalue weighted by atomic mass is 9.81. The van der Waals surface area contributed by atoms with Crippen LogP contribution in [0.25, 0.3) is 17.2 Å². The molecular formula is C35H32O5S. The zero-order valence-corrected chi connectivity index (χ0v) is 23.8. The lowest BCUT2D eigenvalue weighted by Gasteiger charge is -2.41. The third kappa shape index (κ3) is 4.77. The summed E-state index contributed by atoms with van der Waals surface area (Å²) in [4.78, 5) is 0. The molecule has 0 saturated carbocycles. The number of methoxy groups -OCH3 is 2. The predicted molar refractivity (Wildman–Crippen MR) is 164 cm³/mol. The fourth-order valence-corrected chi connectivity index (χ4v) is 9.35. The molecule has 2 aliphatic rings. The molecule has 2 heterocycles. The standard InChI is InChI=1S/C35H32O5S/c1-39-28-17-13-24(14-18-28)21-22-35(36)23-30(25-15-19-29(40-2)20-16-25)33-31(26-9-5-3-6-10-26)32(34(35)41(33,37)38)27-11-7-4-8-12-27/h3-22,30,33-34,36H,23H2,1-2H3/b22-21+.